The van der Waals surface area contributed by atoms with Crippen molar-refractivity contribution in [1.29, 1.82) is 0 Å². The first kappa shape index (κ1) is 18.1. The Balaban J connectivity index is 1.50. The number of nitrogens with zero attached hydrogens (tertiary/aromatic N) is 5. The van der Waals surface area contributed by atoms with Crippen molar-refractivity contribution in [1.82, 2.24) is 25.6 Å². The van der Waals surface area contributed by atoms with Crippen molar-refractivity contribution in [2.45, 2.75) is 12.8 Å². The number of piperidine rings is 1. The molecule has 2 aliphatic heterocycles. The van der Waals surface area contributed by atoms with Crippen molar-refractivity contribution in [3.63, 3.8) is 0 Å². The second-order valence-electron chi connectivity index (χ2n) is 7.48. The zero-order chi connectivity index (χ0) is 18.5. The Morgan fingerprint density at radius 3 is 2.70 bits per heavy atom. The number of piperazine rings is 1. The zero-order valence-corrected chi connectivity index (χ0v) is 16.1. The maximum atomic E-state index is 4.88. The van der Waals surface area contributed by atoms with Gasteiger partial charge in [-0.15, -0.1) is 0 Å². The summed E-state index contributed by atoms with van der Waals surface area (Å²) in [6, 6.07) is 4.15. The molecule has 0 radical (unpaired) electrons. The van der Waals surface area contributed by atoms with Crippen molar-refractivity contribution in [3.05, 3.63) is 30.7 Å². The molecule has 0 saturated carbocycles. The van der Waals surface area contributed by atoms with Crippen molar-refractivity contribution < 1.29 is 0 Å². The SMILES string of the molecule is CN(CC1CCNCC1)c1cncc(-c2ccnc(N3CCNCC3)c2)n1. The van der Waals surface area contributed by atoms with Gasteiger partial charge in [-0.05, 0) is 44.0 Å². The largest absolute Gasteiger partial charge is 0.358 e. The van der Waals surface area contributed by atoms with Crippen molar-refractivity contribution in [3.8, 4) is 11.3 Å². The van der Waals surface area contributed by atoms with Gasteiger partial charge in [-0.25, -0.2) is 9.97 Å². The molecule has 2 aliphatic rings. The van der Waals surface area contributed by atoms with Crippen LogP contribution in [0, 0.1) is 5.92 Å². The summed E-state index contributed by atoms with van der Waals surface area (Å²) in [5.74, 6) is 2.68. The number of pyridine rings is 1. The van der Waals surface area contributed by atoms with Gasteiger partial charge < -0.3 is 20.4 Å². The molecular weight excluding hydrogens is 338 g/mol. The summed E-state index contributed by atoms with van der Waals surface area (Å²) in [6.07, 6.45) is 8.05. The third-order valence-corrected chi connectivity index (χ3v) is 5.49. The molecule has 2 aromatic heterocycles. The van der Waals surface area contributed by atoms with Gasteiger partial charge in [-0.1, -0.05) is 0 Å². The molecule has 0 spiro atoms. The molecule has 4 rings (SSSR count). The fourth-order valence-electron chi connectivity index (χ4n) is 3.87. The molecule has 7 heteroatoms. The molecule has 0 aromatic carbocycles. The second kappa shape index (κ2) is 8.63. The Kier molecular flexibility index (Phi) is 5.79. The summed E-state index contributed by atoms with van der Waals surface area (Å²) in [5.41, 5.74) is 1.98. The van der Waals surface area contributed by atoms with Crippen molar-refractivity contribution in [2.75, 3.05) is 62.7 Å². The smallest absolute Gasteiger partial charge is 0.147 e. The summed E-state index contributed by atoms with van der Waals surface area (Å²) < 4.78 is 0. The van der Waals surface area contributed by atoms with Gasteiger partial charge in [-0.2, -0.15) is 0 Å². The van der Waals surface area contributed by atoms with Crippen molar-refractivity contribution in [2.24, 2.45) is 5.92 Å². The minimum absolute atomic E-state index is 0.724. The molecule has 2 aromatic rings. The van der Waals surface area contributed by atoms with Crippen LogP contribution in [0.2, 0.25) is 0 Å². The first-order valence-corrected chi connectivity index (χ1v) is 9.95. The first-order chi connectivity index (χ1) is 13.3. The number of rotatable bonds is 5. The number of hydrogen-bond donors (Lipinski definition) is 2. The Morgan fingerprint density at radius 2 is 1.89 bits per heavy atom. The Bertz CT molecular complexity index is 739. The molecule has 144 valence electrons. The lowest BCUT2D eigenvalue weighted by molar-refractivity contribution is 0.377. The third-order valence-electron chi connectivity index (χ3n) is 5.49. The Morgan fingerprint density at radius 1 is 1.11 bits per heavy atom. The lowest BCUT2D eigenvalue weighted by Gasteiger charge is -2.29. The van der Waals surface area contributed by atoms with E-state index in [0.717, 1.165) is 74.6 Å². The molecule has 0 aliphatic carbocycles. The Hall–Kier alpha value is -2.25. The second-order valence-corrected chi connectivity index (χ2v) is 7.48. The van der Waals surface area contributed by atoms with E-state index in [0.29, 0.717) is 0 Å². The molecular formula is C20H29N7. The van der Waals surface area contributed by atoms with Gasteiger partial charge in [0.15, 0.2) is 0 Å². The van der Waals surface area contributed by atoms with E-state index in [2.05, 4.69) is 43.5 Å². The molecule has 2 fully saturated rings. The number of hydrogen-bond acceptors (Lipinski definition) is 7. The number of anilines is 2. The summed E-state index contributed by atoms with van der Waals surface area (Å²) in [7, 11) is 2.12. The minimum Gasteiger partial charge on any atom is -0.358 e. The molecule has 27 heavy (non-hydrogen) atoms. The van der Waals surface area contributed by atoms with Gasteiger partial charge in [-0.3, -0.25) is 4.98 Å². The molecule has 0 bridgehead atoms. The van der Waals surface area contributed by atoms with Crippen LogP contribution in [0.3, 0.4) is 0 Å². The first-order valence-electron chi connectivity index (χ1n) is 9.95. The molecule has 0 amide bonds. The van der Waals surface area contributed by atoms with Gasteiger partial charge in [0, 0.05) is 51.5 Å². The van der Waals surface area contributed by atoms with E-state index >= 15 is 0 Å². The summed E-state index contributed by atoms with van der Waals surface area (Å²) in [6.45, 7) is 7.25. The molecule has 7 nitrogen and oxygen atoms in total. The quantitative estimate of drug-likeness (QED) is 0.827. The topological polar surface area (TPSA) is 69.2 Å². The van der Waals surface area contributed by atoms with Gasteiger partial charge in [0.25, 0.3) is 0 Å². The van der Waals surface area contributed by atoms with E-state index < -0.39 is 0 Å². The van der Waals surface area contributed by atoms with Crippen LogP contribution in [0.15, 0.2) is 30.7 Å². The fraction of sp³-hybridized carbons (Fsp3) is 0.550. The van der Waals surface area contributed by atoms with Crippen LogP contribution in [0.5, 0.6) is 0 Å². The average molecular weight is 368 g/mol. The highest BCUT2D eigenvalue weighted by molar-refractivity contribution is 5.64. The maximum Gasteiger partial charge on any atom is 0.147 e. The summed E-state index contributed by atoms with van der Waals surface area (Å²) >= 11 is 0. The lowest BCUT2D eigenvalue weighted by Crippen LogP contribution is -2.43. The van der Waals surface area contributed by atoms with Crippen molar-refractivity contribution >= 4 is 11.6 Å². The normalized spacial score (nSPS) is 18.5. The van der Waals surface area contributed by atoms with E-state index in [1.165, 1.54) is 12.8 Å². The summed E-state index contributed by atoms with van der Waals surface area (Å²) in [4.78, 5) is 18.5. The highest BCUT2D eigenvalue weighted by Crippen LogP contribution is 2.23. The van der Waals surface area contributed by atoms with Crippen LogP contribution in [0.4, 0.5) is 11.6 Å². The Labute approximate surface area is 161 Å². The maximum absolute atomic E-state index is 4.88. The van der Waals surface area contributed by atoms with Crippen LogP contribution >= 0.6 is 0 Å². The van der Waals surface area contributed by atoms with E-state index in [1.54, 1.807) is 0 Å². The predicted octanol–water partition coefficient (Wildman–Crippen LogP) is 1.38. The van der Waals surface area contributed by atoms with Crippen LogP contribution in [0.1, 0.15) is 12.8 Å². The number of nitrogens with one attached hydrogen (secondary N) is 2. The average Bonchev–Trinajstić information content (AvgIpc) is 2.75. The van der Waals surface area contributed by atoms with Crippen LogP contribution in [-0.2, 0) is 0 Å². The lowest BCUT2D eigenvalue weighted by atomic mass is 9.98. The van der Waals surface area contributed by atoms with Gasteiger partial charge >= 0.3 is 0 Å². The molecule has 4 heterocycles. The molecule has 2 saturated heterocycles. The van der Waals surface area contributed by atoms with E-state index in [9.17, 15) is 0 Å². The van der Waals surface area contributed by atoms with E-state index in [-0.39, 0.29) is 0 Å². The van der Waals surface area contributed by atoms with E-state index in [4.69, 9.17) is 4.98 Å². The number of aromatic nitrogens is 3. The monoisotopic (exact) mass is 367 g/mol. The summed E-state index contributed by atoms with van der Waals surface area (Å²) in [5, 5.41) is 6.81. The van der Waals surface area contributed by atoms with E-state index in [1.807, 2.05) is 24.7 Å². The van der Waals surface area contributed by atoms with Gasteiger partial charge in [0.05, 0.1) is 18.1 Å². The highest BCUT2D eigenvalue weighted by atomic mass is 15.2. The molecule has 0 unspecified atom stereocenters. The molecule has 2 N–H and O–H groups in total. The minimum atomic E-state index is 0.724. The van der Waals surface area contributed by atoms with Crippen LogP contribution < -0.4 is 20.4 Å². The highest BCUT2D eigenvalue weighted by Gasteiger charge is 2.17. The molecule has 0 atom stereocenters. The third kappa shape index (κ3) is 4.54. The fourth-order valence-corrected chi connectivity index (χ4v) is 3.87. The van der Waals surface area contributed by atoms with Crippen LogP contribution in [0.25, 0.3) is 11.3 Å². The van der Waals surface area contributed by atoms with Crippen LogP contribution in [-0.4, -0.2) is 67.8 Å². The van der Waals surface area contributed by atoms with Gasteiger partial charge in [0.2, 0.25) is 0 Å². The predicted molar refractivity (Wildman–Crippen MR) is 109 cm³/mol. The zero-order valence-electron chi connectivity index (χ0n) is 16.1. The standard InChI is InChI=1S/C20H29N7/c1-26(15-16-2-5-21-6-3-16)20-14-23-13-18(25-20)17-4-7-24-19(12-17)27-10-8-22-9-11-27/h4,7,12-14,16,21-22H,2-3,5-6,8-11,15H2,1H3. The van der Waals surface area contributed by atoms with Gasteiger partial charge in [0.1, 0.15) is 11.6 Å².